The minimum atomic E-state index is -0.954. The second-order valence-corrected chi connectivity index (χ2v) is 4.56. The number of amides is 3. The van der Waals surface area contributed by atoms with Crippen LogP contribution in [0.2, 0.25) is 0 Å². The molecule has 1 aliphatic rings. The Morgan fingerprint density at radius 3 is 2.83 bits per heavy atom. The lowest BCUT2D eigenvalue weighted by Crippen LogP contribution is -2.53. The third-order valence-electron chi connectivity index (χ3n) is 2.90. The number of piperidine rings is 1. The molecule has 1 aliphatic heterocycles. The molecule has 7 nitrogen and oxygen atoms in total. The number of urea groups is 1. The van der Waals surface area contributed by atoms with E-state index < -0.39 is 24.0 Å². The van der Waals surface area contributed by atoms with Crippen molar-refractivity contribution >= 4 is 17.9 Å². The maximum absolute atomic E-state index is 11.8. The molecule has 3 amide bonds. The summed E-state index contributed by atoms with van der Waals surface area (Å²) < 4.78 is 0. The van der Waals surface area contributed by atoms with Crippen LogP contribution in [0.1, 0.15) is 19.8 Å². The fourth-order valence-corrected chi connectivity index (χ4v) is 1.74. The van der Waals surface area contributed by atoms with Gasteiger partial charge in [0.2, 0.25) is 5.91 Å². The third kappa shape index (κ3) is 3.90. The van der Waals surface area contributed by atoms with Crippen LogP contribution in [0.25, 0.3) is 0 Å². The van der Waals surface area contributed by atoms with Gasteiger partial charge < -0.3 is 20.6 Å². The summed E-state index contributed by atoms with van der Waals surface area (Å²) >= 11 is 0. The summed E-state index contributed by atoms with van der Waals surface area (Å²) in [6, 6.07) is -0.945. The van der Waals surface area contributed by atoms with Gasteiger partial charge in [0.25, 0.3) is 0 Å². The minimum absolute atomic E-state index is 0.107. The lowest BCUT2D eigenvalue weighted by molar-refractivity contribution is -0.141. The van der Waals surface area contributed by atoms with E-state index in [4.69, 9.17) is 5.11 Å². The van der Waals surface area contributed by atoms with E-state index in [0.29, 0.717) is 13.0 Å². The molecule has 2 atom stereocenters. The van der Waals surface area contributed by atoms with Gasteiger partial charge in [-0.15, -0.1) is 0 Å². The Hall–Kier alpha value is -1.79. The highest BCUT2D eigenvalue weighted by Crippen LogP contribution is 2.04. The Balaban J connectivity index is 2.44. The number of carboxylic acids is 1. The molecule has 1 heterocycles. The largest absolute Gasteiger partial charge is 0.481 e. The molecule has 7 heteroatoms. The van der Waals surface area contributed by atoms with Crippen molar-refractivity contribution in [3.8, 4) is 0 Å². The molecule has 0 bridgehead atoms. The highest BCUT2D eigenvalue weighted by atomic mass is 16.4. The van der Waals surface area contributed by atoms with Crippen molar-refractivity contribution in [1.82, 2.24) is 15.5 Å². The van der Waals surface area contributed by atoms with Gasteiger partial charge in [0, 0.05) is 20.1 Å². The third-order valence-corrected chi connectivity index (χ3v) is 2.90. The molecule has 0 aromatic carbocycles. The second kappa shape index (κ2) is 6.23. The number of hydrogen-bond donors (Lipinski definition) is 3. The monoisotopic (exact) mass is 257 g/mol. The van der Waals surface area contributed by atoms with E-state index in [2.05, 4.69) is 10.6 Å². The van der Waals surface area contributed by atoms with Gasteiger partial charge in [-0.3, -0.25) is 9.59 Å². The van der Waals surface area contributed by atoms with Gasteiger partial charge in [-0.2, -0.15) is 0 Å². The molecule has 3 N–H and O–H groups in total. The molecule has 0 saturated carbocycles. The molecule has 0 aromatic rings. The normalized spacial score (nSPS) is 20.8. The second-order valence-electron chi connectivity index (χ2n) is 4.56. The van der Waals surface area contributed by atoms with Crippen molar-refractivity contribution in [3.63, 3.8) is 0 Å². The first-order valence-corrected chi connectivity index (χ1v) is 5.94. The van der Waals surface area contributed by atoms with Crippen molar-refractivity contribution in [3.05, 3.63) is 0 Å². The molecule has 1 saturated heterocycles. The van der Waals surface area contributed by atoms with Gasteiger partial charge in [-0.25, -0.2) is 4.79 Å². The van der Waals surface area contributed by atoms with Crippen molar-refractivity contribution < 1.29 is 19.5 Å². The van der Waals surface area contributed by atoms with Gasteiger partial charge in [0.15, 0.2) is 0 Å². The van der Waals surface area contributed by atoms with E-state index in [9.17, 15) is 14.4 Å². The number of carbonyl (C=O) groups excluding carboxylic acids is 2. The molecule has 0 aliphatic carbocycles. The summed E-state index contributed by atoms with van der Waals surface area (Å²) in [5.41, 5.74) is 0. The van der Waals surface area contributed by atoms with Crippen LogP contribution in [0.15, 0.2) is 0 Å². The quantitative estimate of drug-likeness (QED) is 0.639. The van der Waals surface area contributed by atoms with Crippen LogP contribution in [0.4, 0.5) is 4.79 Å². The minimum Gasteiger partial charge on any atom is -0.481 e. The standard InChI is InChI=1S/C11H19N3O4/c1-7(10(16)17)6-14(2)11(18)13-8-4-3-5-12-9(8)15/h7-8H,3-6H2,1-2H3,(H,12,15)(H,13,18)(H,16,17). The fourth-order valence-electron chi connectivity index (χ4n) is 1.74. The van der Waals surface area contributed by atoms with E-state index in [1.165, 1.54) is 18.9 Å². The van der Waals surface area contributed by atoms with E-state index in [-0.39, 0.29) is 12.5 Å². The summed E-state index contributed by atoms with van der Waals surface area (Å²) in [7, 11) is 1.51. The molecule has 1 rings (SSSR count). The number of carbonyl (C=O) groups is 3. The van der Waals surface area contributed by atoms with Crippen LogP contribution in [0, 0.1) is 5.92 Å². The van der Waals surface area contributed by atoms with Crippen LogP contribution >= 0.6 is 0 Å². The van der Waals surface area contributed by atoms with Gasteiger partial charge in [0.1, 0.15) is 6.04 Å². The van der Waals surface area contributed by atoms with Crippen LogP contribution in [0.3, 0.4) is 0 Å². The van der Waals surface area contributed by atoms with Crippen LogP contribution in [-0.2, 0) is 9.59 Å². The lowest BCUT2D eigenvalue weighted by Gasteiger charge is -2.26. The van der Waals surface area contributed by atoms with E-state index in [0.717, 1.165) is 6.42 Å². The van der Waals surface area contributed by atoms with Crippen LogP contribution in [0.5, 0.6) is 0 Å². The van der Waals surface area contributed by atoms with Gasteiger partial charge >= 0.3 is 12.0 Å². The maximum Gasteiger partial charge on any atom is 0.317 e. The zero-order chi connectivity index (χ0) is 13.7. The Morgan fingerprint density at radius 1 is 1.61 bits per heavy atom. The van der Waals surface area contributed by atoms with Crippen molar-refractivity contribution in [2.24, 2.45) is 5.92 Å². The number of aliphatic carboxylic acids is 1. The first-order valence-electron chi connectivity index (χ1n) is 5.94. The van der Waals surface area contributed by atoms with Gasteiger partial charge in [-0.1, -0.05) is 6.92 Å². The molecule has 1 fully saturated rings. The van der Waals surface area contributed by atoms with E-state index >= 15 is 0 Å². The predicted molar refractivity (Wildman–Crippen MR) is 64.0 cm³/mol. The highest BCUT2D eigenvalue weighted by Gasteiger charge is 2.25. The number of hydrogen-bond acceptors (Lipinski definition) is 3. The molecule has 2 unspecified atom stereocenters. The Bertz CT molecular complexity index is 345. The number of rotatable bonds is 4. The first kappa shape index (κ1) is 14.3. The molecule has 0 spiro atoms. The Kier molecular flexibility index (Phi) is 4.94. The van der Waals surface area contributed by atoms with E-state index in [1.54, 1.807) is 0 Å². The smallest absolute Gasteiger partial charge is 0.317 e. The number of nitrogens with zero attached hydrogens (tertiary/aromatic N) is 1. The number of carboxylic acid groups (broad SMARTS) is 1. The summed E-state index contributed by atoms with van der Waals surface area (Å²) in [5, 5.41) is 14.0. The van der Waals surface area contributed by atoms with Crippen molar-refractivity contribution in [1.29, 1.82) is 0 Å². The van der Waals surface area contributed by atoms with Crippen molar-refractivity contribution in [2.75, 3.05) is 20.1 Å². The topological polar surface area (TPSA) is 98.7 Å². The fraction of sp³-hybridized carbons (Fsp3) is 0.727. The summed E-state index contributed by atoms with van der Waals surface area (Å²) in [4.78, 5) is 35.2. The van der Waals surface area contributed by atoms with Gasteiger partial charge in [-0.05, 0) is 12.8 Å². The Morgan fingerprint density at radius 2 is 2.28 bits per heavy atom. The lowest BCUT2D eigenvalue weighted by atomic mass is 10.1. The predicted octanol–water partition coefficient (Wildman–Crippen LogP) is -0.373. The summed E-state index contributed by atoms with van der Waals surface area (Å²) in [6.07, 6.45) is 1.44. The van der Waals surface area contributed by atoms with Gasteiger partial charge in [0.05, 0.1) is 5.92 Å². The Labute approximate surface area is 106 Å². The molecule has 102 valence electrons. The zero-order valence-corrected chi connectivity index (χ0v) is 10.6. The number of nitrogens with one attached hydrogen (secondary N) is 2. The molecule has 0 aromatic heterocycles. The average Bonchev–Trinajstić information content (AvgIpc) is 2.31. The first-order chi connectivity index (χ1) is 8.41. The molecular weight excluding hydrogens is 238 g/mol. The van der Waals surface area contributed by atoms with Crippen LogP contribution < -0.4 is 10.6 Å². The van der Waals surface area contributed by atoms with Crippen LogP contribution in [-0.4, -0.2) is 54.1 Å². The maximum atomic E-state index is 11.8. The summed E-state index contributed by atoms with van der Waals surface area (Å²) in [6.45, 7) is 2.27. The van der Waals surface area contributed by atoms with E-state index in [1.807, 2.05) is 0 Å². The van der Waals surface area contributed by atoms with Crippen molar-refractivity contribution in [2.45, 2.75) is 25.8 Å². The molecular formula is C11H19N3O4. The molecule has 18 heavy (non-hydrogen) atoms. The zero-order valence-electron chi connectivity index (χ0n) is 10.6. The summed E-state index contributed by atoms with van der Waals surface area (Å²) in [5.74, 6) is -1.78. The SMILES string of the molecule is CC(CN(C)C(=O)NC1CCCNC1=O)C(=O)O. The molecule has 0 radical (unpaired) electrons. The highest BCUT2D eigenvalue weighted by molar-refractivity contribution is 5.87. The average molecular weight is 257 g/mol.